The highest BCUT2D eigenvalue weighted by Crippen LogP contribution is 2.06. The van der Waals surface area contributed by atoms with E-state index in [1.54, 1.807) is 0 Å². The Balaban J connectivity index is 3.55. The summed E-state index contributed by atoms with van der Waals surface area (Å²) >= 11 is 4.09. The van der Waals surface area contributed by atoms with Gasteiger partial charge in [0.2, 0.25) is 0 Å². The van der Waals surface area contributed by atoms with Crippen LogP contribution in [-0.2, 0) is 0 Å². The van der Waals surface area contributed by atoms with E-state index < -0.39 is 0 Å². The quantitative estimate of drug-likeness (QED) is 0.565. The molecule has 0 saturated carbocycles. The second kappa shape index (κ2) is 10.2. The first-order chi connectivity index (χ1) is 6.72. The van der Waals surface area contributed by atoms with Gasteiger partial charge in [0.05, 0.1) is 0 Å². The van der Waals surface area contributed by atoms with E-state index in [0.717, 1.165) is 0 Å². The summed E-state index contributed by atoms with van der Waals surface area (Å²) in [6.07, 6.45) is 0. The van der Waals surface area contributed by atoms with Crippen LogP contribution in [0.2, 0.25) is 0 Å². The Morgan fingerprint density at radius 1 is 0.929 bits per heavy atom. The monoisotopic (exact) mass is 235 g/mol. The van der Waals surface area contributed by atoms with Gasteiger partial charge in [-0.1, -0.05) is 13.8 Å². The lowest BCUT2D eigenvalue weighted by molar-refractivity contribution is 0.251. The van der Waals surface area contributed by atoms with Gasteiger partial charge < -0.3 is 0 Å². The van der Waals surface area contributed by atoms with Crippen molar-refractivity contribution in [3.8, 4) is 0 Å². The molecule has 0 aliphatic carbocycles. The first-order valence-electron chi connectivity index (χ1n) is 5.61. The molecule has 0 fully saturated rings. The molecule has 0 aliphatic heterocycles. The predicted molar refractivity (Wildman–Crippen MR) is 72.7 cm³/mol. The van der Waals surface area contributed by atoms with Gasteiger partial charge in [-0.2, -0.15) is 23.5 Å². The molecule has 0 atom stereocenters. The molecule has 0 aromatic heterocycles. The zero-order chi connectivity index (χ0) is 10.8. The second-order valence-electron chi connectivity index (χ2n) is 3.52. The fourth-order valence-corrected chi connectivity index (χ4v) is 2.59. The van der Waals surface area contributed by atoms with E-state index in [2.05, 4.69) is 32.6 Å². The third-order valence-corrected chi connectivity index (χ3v) is 3.94. The summed E-state index contributed by atoms with van der Waals surface area (Å²) in [6.45, 7) is 11.6. The van der Waals surface area contributed by atoms with Gasteiger partial charge in [0, 0.05) is 30.6 Å². The summed E-state index contributed by atoms with van der Waals surface area (Å²) in [7, 11) is 0. The van der Waals surface area contributed by atoms with Crippen molar-refractivity contribution in [3.63, 3.8) is 0 Å². The lowest BCUT2D eigenvalue weighted by Gasteiger charge is -2.25. The summed E-state index contributed by atoms with van der Waals surface area (Å²) in [6, 6.07) is 0.699. The highest BCUT2D eigenvalue weighted by molar-refractivity contribution is 7.99. The third-order valence-electron chi connectivity index (χ3n) is 2.18. The molecule has 3 heteroatoms. The normalized spacial score (nSPS) is 11.6. The van der Waals surface area contributed by atoms with Crippen molar-refractivity contribution in [2.24, 2.45) is 0 Å². The Morgan fingerprint density at radius 2 is 1.36 bits per heavy atom. The summed E-state index contributed by atoms with van der Waals surface area (Å²) in [5.74, 6) is 5.06. The number of thioether (sulfide) groups is 2. The fourth-order valence-electron chi connectivity index (χ4n) is 1.28. The van der Waals surface area contributed by atoms with Gasteiger partial charge in [-0.15, -0.1) is 0 Å². The average Bonchev–Trinajstić information content (AvgIpc) is 2.15. The molecule has 0 amide bonds. The summed E-state index contributed by atoms with van der Waals surface area (Å²) < 4.78 is 0. The van der Waals surface area contributed by atoms with E-state index in [4.69, 9.17) is 0 Å². The molecule has 0 bridgehead atoms. The topological polar surface area (TPSA) is 3.24 Å². The molecule has 0 aliphatic rings. The van der Waals surface area contributed by atoms with Crippen LogP contribution in [-0.4, -0.2) is 47.0 Å². The molecule has 0 spiro atoms. The molecule has 0 saturated heterocycles. The van der Waals surface area contributed by atoms with Gasteiger partial charge >= 0.3 is 0 Å². The van der Waals surface area contributed by atoms with Crippen LogP contribution in [0, 0.1) is 0 Å². The van der Waals surface area contributed by atoms with Gasteiger partial charge in [-0.3, -0.25) is 4.90 Å². The highest BCUT2D eigenvalue weighted by Gasteiger charge is 2.07. The van der Waals surface area contributed by atoms with E-state index in [1.165, 1.54) is 36.1 Å². The van der Waals surface area contributed by atoms with Crippen molar-refractivity contribution in [2.75, 3.05) is 36.1 Å². The molecule has 0 unspecified atom stereocenters. The molecule has 0 heterocycles. The molecule has 1 nitrogen and oxygen atoms in total. The molecular weight excluding hydrogens is 210 g/mol. The number of hydrogen-bond acceptors (Lipinski definition) is 3. The van der Waals surface area contributed by atoms with E-state index in [0.29, 0.717) is 6.04 Å². The molecule has 0 radical (unpaired) electrons. The van der Waals surface area contributed by atoms with Crippen LogP contribution in [0.1, 0.15) is 27.7 Å². The average molecular weight is 235 g/mol. The van der Waals surface area contributed by atoms with Crippen molar-refractivity contribution in [3.05, 3.63) is 0 Å². The molecule has 0 N–H and O–H groups in total. The van der Waals surface area contributed by atoms with Gasteiger partial charge in [0.25, 0.3) is 0 Å². The summed E-state index contributed by atoms with van der Waals surface area (Å²) in [5.41, 5.74) is 0. The van der Waals surface area contributed by atoms with E-state index in [9.17, 15) is 0 Å². The minimum absolute atomic E-state index is 0.699. The third kappa shape index (κ3) is 8.01. The predicted octanol–water partition coefficient (Wildman–Crippen LogP) is 3.20. The zero-order valence-electron chi connectivity index (χ0n) is 10.1. The molecule has 0 aromatic carbocycles. The van der Waals surface area contributed by atoms with Crippen molar-refractivity contribution >= 4 is 23.5 Å². The van der Waals surface area contributed by atoms with Crippen LogP contribution in [0.15, 0.2) is 0 Å². The SMILES string of the molecule is CCSCCN(CCSCC)C(C)C. The first kappa shape index (κ1) is 14.7. The Hall–Kier alpha value is 0.660. The Morgan fingerprint density at radius 3 is 1.64 bits per heavy atom. The molecular formula is C11H25NS2. The van der Waals surface area contributed by atoms with E-state index >= 15 is 0 Å². The number of rotatable bonds is 9. The minimum atomic E-state index is 0.699. The van der Waals surface area contributed by atoms with Gasteiger partial charge in [-0.05, 0) is 25.4 Å². The Labute approximate surface area is 98.4 Å². The van der Waals surface area contributed by atoms with E-state index in [1.807, 2.05) is 23.5 Å². The van der Waals surface area contributed by atoms with Crippen molar-refractivity contribution in [1.29, 1.82) is 0 Å². The van der Waals surface area contributed by atoms with Gasteiger partial charge in [-0.25, -0.2) is 0 Å². The van der Waals surface area contributed by atoms with E-state index in [-0.39, 0.29) is 0 Å². The van der Waals surface area contributed by atoms with Crippen LogP contribution in [0.3, 0.4) is 0 Å². The summed E-state index contributed by atoms with van der Waals surface area (Å²) in [4.78, 5) is 2.59. The van der Waals surface area contributed by atoms with Gasteiger partial charge in [0.15, 0.2) is 0 Å². The minimum Gasteiger partial charge on any atom is -0.299 e. The Kier molecular flexibility index (Phi) is 10.7. The standard InChI is InChI=1S/C11H25NS2/c1-5-13-9-7-12(11(3)4)8-10-14-6-2/h11H,5-10H2,1-4H3. The maximum atomic E-state index is 2.59. The maximum Gasteiger partial charge on any atom is 0.00754 e. The fraction of sp³-hybridized carbons (Fsp3) is 1.00. The Bertz CT molecular complexity index is 108. The number of hydrogen-bond donors (Lipinski definition) is 0. The molecule has 0 aromatic rings. The largest absolute Gasteiger partial charge is 0.299 e. The summed E-state index contributed by atoms with van der Waals surface area (Å²) in [5, 5.41) is 0. The smallest absolute Gasteiger partial charge is 0.00754 e. The van der Waals surface area contributed by atoms with Crippen molar-refractivity contribution < 1.29 is 0 Å². The maximum absolute atomic E-state index is 2.59. The van der Waals surface area contributed by atoms with Crippen LogP contribution in [0.5, 0.6) is 0 Å². The van der Waals surface area contributed by atoms with Crippen molar-refractivity contribution in [2.45, 2.75) is 33.7 Å². The van der Waals surface area contributed by atoms with Crippen molar-refractivity contribution in [1.82, 2.24) is 4.90 Å². The molecule has 0 rings (SSSR count). The lowest BCUT2D eigenvalue weighted by atomic mass is 10.3. The molecule has 86 valence electrons. The van der Waals surface area contributed by atoms with Gasteiger partial charge in [0.1, 0.15) is 0 Å². The van der Waals surface area contributed by atoms with Crippen LogP contribution in [0.4, 0.5) is 0 Å². The number of nitrogens with zero attached hydrogens (tertiary/aromatic N) is 1. The zero-order valence-corrected chi connectivity index (χ0v) is 11.7. The highest BCUT2D eigenvalue weighted by atomic mass is 32.2. The lowest BCUT2D eigenvalue weighted by Crippen LogP contribution is -2.34. The first-order valence-corrected chi connectivity index (χ1v) is 7.92. The van der Waals surface area contributed by atoms with Crippen LogP contribution in [0.25, 0.3) is 0 Å². The van der Waals surface area contributed by atoms with Crippen LogP contribution < -0.4 is 0 Å². The molecule has 14 heavy (non-hydrogen) atoms. The second-order valence-corrected chi connectivity index (χ2v) is 6.31. The van der Waals surface area contributed by atoms with Crippen LogP contribution >= 0.6 is 23.5 Å².